The zero-order valence-electron chi connectivity index (χ0n) is 9.74. The van der Waals surface area contributed by atoms with Crippen molar-refractivity contribution >= 4 is 11.4 Å². The Hall–Kier alpha value is -2.04. The molecule has 1 aromatic heterocycles. The van der Waals surface area contributed by atoms with Gasteiger partial charge in [-0.1, -0.05) is 6.92 Å². The fraction of sp³-hybridized carbons (Fsp3) is 0.333. The summed E-state index contributed by atoms with van der Waals surface area (Å²) in [7, 11) is 0. The van der Waals surface area contributed by atoms with E-state index < -0.39 is 10.9 Å². The number of aryl methyl sites for hydroxylation is 1. The van der Waals surface area contributed by atoms with E-state index in [4.69, 9.17) is 10.2 Å². The monoisotopic (exact) mass is 234 g/mol. The minimum Gasteiger partial charge on any atom is -0.464 e. The van der Waals surface area contributed by atoms with Crippen molar-refractivity contribution in [3.05, 3.63) is 44.1 Å². The molecule has 3 N–H and O–H groups in total. The van der Waals surface area contributed by atoms with Crippen molar-refractivity contribution < 1.29 is 4.42 Å². The van der Waals surface area contributed by atoms with Crippen LogP contribution in [0.3, 0.4) is 0 Å². The van der Waals surface area contributed by atoms with Crippen LogP contribution in [0.25, 0.3) is 0 Å². The molecule has 5 heteroatoms. The molecule has 1 atom stereocenters. The van der Waals surface area contributed by atoms with Gasteiger partial charge >= 0.3 is 0 Å². The van der Waals surface area contributed by atoms with Crippen molar-refractivity contribution in [2.75, 3.05) is 11.1 Å². The highest BCUT2D eigenvalue weighted by Crippen LogP contribution is 2.24. The van der Waals surface area contributed by atoms with Gasteiger partial charge in [0.1, 0.15) is 22.9 Å². The normalized spacial score (nSPS) is 12.8. The first-order valence-corrected chi connectivity index (χ1v) is 5.46. The number of furan rings is 1. The summed E-state index contributed by atoms with van der Waals surface area (Å²) in [6.45, 7) is 3.80. The second kappa shape index (κ2) is 4.08. The quantitative estimate of drug-likeness (QED) is 0.779. The molecule has 1 aromatic carbocycles. The lowest BCUT2D eigenvalue weighted by atomic mass is 10.1. The molecule has 0 spiro atoms. The lowest BCUT2D eigenvalue weighted by Crippen LogP contribution is -2.37. The molecule has 0 radical (unpaired) electrons. The van der Waals surface area contributed by atoms with Gasteiger partial charge in [0.2, 0.25) is 0 Å². The molecule has 0 fully saturated rings. The highest BCUT2D eigenvalue weighted by molar-refractivity contribution is 5.71. The molecule has 0 unspecified atom stereocenters. The Balaban J connectivity index is 2.22. The van der Waals surface area contributed by atoms with Crippen molar-refractivity contribution in [2.24, 2.45) is 0 Å². The van der Waals surface area contributed by atoms with Gasteiger partial charge in [0.25, 0.3) is 10.9 Å². The minimum absolute atomic E-state index is 0.0109. The summed E-state index contributed by atoms with van der Waals surface area (Å²) in [5.41, 5.74) is 4.51. The van der Waals surface area contributed by atoms with Crippen LogP contribution in [0.4, 0.5) is 11.4 Å². The molecule has 2 rings (SSSR count). The van der Waals surface area contributed by atoms with Gasteiger partial charge in [-0.3, -0.25) is 9.59 Å². The van der Waals surface area contributed by atoms with E-state index >= 15 is 0 Å². The summed E-state index contributed by atoms with van der Waals surface area (Å²) in [5, 5.41) is 2.95. The number of anilines is 2. The van der Waals surface area contributed by atoms with E-state index in [-0.39, 0.29) is 17.4 Å². The minimum atomic E-state index is -0.613. The van der Waals surface area contributed by atoms with E-state index in [1.54, 1.807) is 0 Å². The van der Waals surface area contributed by atoms with E-state index in [1.165, 1.54) is 0 Å². The van der Waals surface area contributed by atoms with Crippen molar-refractivity contribution in [3.8, 4) is 0 Å². The van der Waals surface area contributed by atoms with Crippen LogP contribution in [0.15, 0.2) is 26.1 Å². The van der Waals surface area contributed by atoms with Gasteiger partial charge in [-0.15, -0.1) is 0 Å². The molecule has 5 nitrogen and oxygen atoms in total. The van der Waals surface area contributed by atoms with Gasteiger partial charge in [0.05, 0.1) is 6.04 Å². The van der Waals surface area contributed by atoms with Crippen LogP contribution in [0, 0.1) is 6.92 Å². The van der Waals surface area contributed by atoms with Crippen molar-refractivity contribution in [1.29, 1.82) is 0 Å². The second-order valence-electron chi connectivity index (χ2n) is 4.00. The molecule has 17 heavy (non-hydrogen) atoms. The number of nitrogens with one attached hydrogen (secondary N) is 1. The summed E-state index contributed by atoms with van der Waals surface area (Å²) in [6.07, 6.45) is 0.727. The van der Waals surface area contributed by atoms with Crippen LogP contribution in [0.5, 0.6) is 0 Å². The van der Waals surface area contributed by atoms with Crippen LogP contribution < -0.4 is 21.9 Å². The number of hydrogen-bond donors (Lipinski definition) is 2. The zero-order chi connectivity index (χ0) is 12.6. The Morgan fingerprint density at radius 1 is 1.35 bits per heavy atom. The molecular weight excluding hydrogens is 220 g/mol. The van der Waals surface area contributed by atoms with Gasteiger partial charge in [-0.05, 0) is 25.5 Å². The average Bonchev–Trinajstić information content (AvgIpc) is 2.75. The van der Waals surface area contributed by atoms with Crippen LogP contribution in [0.1, 0.15) is 30.9 Å². The summed E-state index contributed by atoms with van der Waals surface area (Å²) in [4.78, 5) is 22.3. The van der Waals surface area contributed by atoms with Crippen LogP contribution >= 0.6 is 0 Å². The predicted molar refractivity (Wildman–Crippen MR) is 65.9 cm³/mol. The predicted octanol–water partition coefficient (Wildman–Crippen LogP) is 1.33. The van der Waals surface area contributed by atoms with Crippen molar-refractivity contribution in [1.82, 2.24) is 0 Å². The van der Waals surface area contributed by atoms with Crippen LogP contribution in [-0.4, -0.2) is 0 Å². The molecular formula is C12H14N2O3. The van der Waals surface area contributed by atoms with Gasteiger partial charge in [0, 0.05) is 0 Å². The lowest BCUT2D eigenvalue weighted by molar-refractivity contribution is 0.453. The number of nitrogens with two attached hydrogens (primary N) is 1. The standard InChI is InChI=1S/C12H14N2O3/c1-3-7(8-5-4-6(2)17-8)14-10-9(13)11(15)12(10)16/h4-5,7,14H,3,13H2,1-2H3/t7-/m1/s1. The summed E-state index contributed by atoms with van der Waals surface area (Å²) >= 11 is 0. The van der Waals surface area contributed by atoms with Crippen LogP contribution in [0.2, 0.25) is 0 Å². The third-order valence-corrected chi connectivity index (χ3v) is 2.78. The van der Waals surface area contributed by atoms with E-state index in [0.717, 1.165) is 17.9 Å². The van der Waals surface area contributed by atoms with E-state index in [1.807, 2.05) is 26.0 Å². The molecule has 0 amide bonds. The number of hydrogen-bond acceptors (Lipinski definition) is 5. The van der Waals surface area contributed by atoms with Crippen molar-refractivity contribution in [2.45, 2.75) is 26.3 Å². The molecule has 2 aromatic rings. The molecule has 0 saturated heterocycles. The maximum absolute atomic E-state index is 11.3. The Morgan fingerprint density at radius 2 is 2.06 bits per heavy atom. The number of nitrogen functional groups attached to an aromatic ring is 1. The maximum Gasteiger partial charge on any atom is 0.253 e. The molecule has 0 bridgehead atoms. The van der Waals surface area contributed by atoms with Gasteiger partial charge < -0.3 is 15.5 Å². The summed E-state index contributed by atoms with van der Waals surface area (Å²) in [5.74, 6) is 1.54. The third-order valence-electron chi connectivity index (χ3n) is 2.78. The zero-order valence-corrected chi connectivity index (χ0v) is 9.74. The Kier molecular flexibility index (Phi) is 2.75. The first-order chi connectivity index (χ1) is 8.04. The second-order valence-corrected chi connectivity index (χ2v) is 4.00. The van der Waals surface area contributed by atoms with E-state index in [0.29, 0.717) is 0 Å². The van der Waals surface area contributed by atoms with E-state index in [9.17, 15) is 9.59 Å². The first-order valence-electron chi connectivity index (χ1n) is 5.46. The first kappa shape index (κ1) is 11.4. The topological polar surface area (TPSA) is 85.3 Å². The fourth-order valence-corrected chi connectivity index (χ4v) is 1.74. The summed E-state index contributed by atoms with van der Waals surface area (Å²) < 4.78 is 5.48. The van der Waals surface area contributed by atoms with Crippen LogP contribution in [-0.2, 0) is 0 Å². The summed E-state index contributed by atoms with van der Waals surface area (Å²) in [6, 6.07) is 3.55. The van der Waals surface area contributed by atoms with Gasteiger partial charge in [-0.2, -0.15) is 0 Å². The van der Waals surface area contributed by atoms with E-state index in [2.05, 4.69) is 5.32 Å². The Morgan fingerprint density at radius 3 is 2.53 bits per heavy atom. The SMILES string of the molecule is CC[C@@H](Nc1c(N)c(=O)c1=O)c1ccc(C)o1. The molecule has 0 aliphatic carbocycles. The largest absolute Gasteiger partial charge is 0.464 e. The van der Waals surface area contributed by atoms with Crippen molar-refractivity contribution in [3.63, 3.8) is 0 Å². The lowest BCUT2D eigenvalue weighted by Gasteiger charge is -2.17. The molecule has 1 heterocycles. The van der Waals surface area contributed by atoms with Gasteiger partial charge in [0.15, 0.2) is 0 Å². The molecule has 0 saturated carbocycles. The molecule has 0 aliphatic heterocycles. The number of rotatable bonds is 4. The molecule has 0 aliphatic rings. The Bertz CT molecular complexity index is 605. The smallest absolute Gasteiger partial charge is 0.253 e. The average molecular weight is 234 g/mol. The maximum atomic E-state index is 11.3. The van der Waals surface area contributed by atoms with Gasteiger partial charge in [-0.25, -0.2) is 0 Å². The Labute approximate surface area is 97.9 Å². The third kappa shape index (κ3) is 1.84. The highest BCUT2D eigenvalue weighted by atomic mass is 16.3. The highest BCUT2D eigenvalue weighted by Gasteiger charge is 2.22. The fourth-order valence-electron chi connectivity index (χ4n) is 1.74. The molecule has 90 valence electrons.